The van der Waals surface area contributed by atoms with Gasteiger partial charge in [0.1, 0.15) is 11.6 Å². The molecule has 0 spiro atoms. The zero-order chi connectivity index (χ0) is 14.7. The van der Waals surface area contributed by atoms with Crippen LogP contribution in [0.1, 0.15) is 17.3 Å². The van der Waals surface area contributed by atoms with E-state index >= 15 is 0 Å². The van der Waals surface area contributed by atoms with E-state index in [-0.39, 0.29) is 0 Å². The van der Waals surface area contributed by atoms with E-state index in [1.165, 1.54) is 5.92 Å². The molecule has 107 valence electrons. The molecule has 3 heterocycles. The summed E-state index contributed by atoms with van der Waals surface area (Å²) in [6.45, 7) is 0. The molecule has 1 radical (unpaired) electrons. The fourth-order valence-corrected chi connectivity index (χ4v) is 2.33. The lowest BCUT2D eigenvalue weighted by Gasteiger charge is -2.15. The van der Waals surface area contributed by atoms with Gasteiger partial charge in [-0.05, 0) is 12.1 Å². The lowest BCUT2D eigenvalue weighted by Crippen LogP contribution is -2.14. The summed E-state index contributed by atoms with van der Waals surface area (Å²) in [6.07, 6.45) is 10.9. The molecule has 3 aromatic heterocycles. The van der Waals surface area contributed by atoms with Crippen LogP contribution in [-0.2, 0) is 26.9 Å². The van der Waals surface area contributed by atoms with Crippen molar-refractivity contribution in [3.63, 3.8) is 0 Å². The number of hydrogen-bond acceptors (Lipinski definition) is 3. The third kappa shape index (κ3) is 3.02. The van der Waals surface area contributed by atoms with Gasteiger partial charge in [0, 0.05) is 69.5 Å². The monoisotopic (exact) mass is 280 g/mol. The predicted molar refractivity (Wildman–Crippen MR) is 80.4 cm³/mol. The van der Waals surface area contributed by atoms with E-state index < -0.39 is 0 Å². The number of pyridine rings is 1. The first-order valence-corrected chi connectivity index (χ1v) is 6.92. The zero-order valence-electron chi connectivity index (χ0n) is 12.3. The molecule has 0 atom stereocenters. The van der Waals surface area contributed by atoms with Crippen molar-refractivity contribution in [1.29, 1.82) is 0 Å². The molecular formula is C16H18N5. The van der Waals surface area contributed by atoms with Crippen LogP contribution in [0, 0.1) is 5.92 Å². The number of nitrogens with zero attached hydrogens (tertiary/aromatic N) is 5. The van der Waals surface area contributed by atoms with Crippen LogP contribution >= 0.6 is 0 Å². The zero-order valence-corrected chi connectivity index (χ0v) is 12.3. The molecular weight excluding hydrogens is 262 g/mol. The SMILES string of the molecule is Cn1ccnc1C[C](Cc1nccn1C)c1ccccn1. The molecule has 0 amide bonds. The minimum Gasteiger partial charge on any atom is -0.338 e. The van der Waals surface area contributed by atoms with E-state index in [0.29, 0.717) is 0 Å². The summed E-state index contributed by atoms with van der Waals surface area (Å²) in [5.41, 5.74) is 1.00. The predicted octanol–water partition coefficient (Wildman–Crippen LogP) is 1.96. The summed E-state index contributed by atoms with van der Waals surface area (Å²) in [5, 5.41) is 0. The average Bonchev–Trinajstić information content (AvgIpc) is 3.09. The molecule has 0 saturated heterocycles. The summed E-state index contributed by atoms with van der Waals surface area (Å²) < 4.78 is 4.09. The number of hydrogen-bond donors (Lipinski definition) is 0. The van der Waals surface area contributed by atoms with Gasteiger partial charge < -0.3 is 9.13 Å². The minimum absolute atomic E-state index is 0.771. The number of imidazole rings is 2. The standard InChI is InChI=1S/C16H18N5/c1-20-9-7-18-15(20)11-13(14-5-3-4-6-17-14)12-16-19-8-10-21(16)2/h3-10H,11-12H2,1-2H3. The Kier molecular flexibility index (Phi) is 3.81. The molecule has 5 nitrogen and oxygen atoms in total. The summed E-state index contributed by atoms with van der Waals surface area (Å²) in [7, 11) is 4.03. The lowest BCUT2D eigenvalue weighted by atomic mass is 9.96. The minimum atomic E-state index is 0.771. The first-order valence-electron chi connectivity index (χ1n) is 6.92. The molecule has 0 aromatic carbocycles. The molecule has 0 N–H and O–H groups in total. The fourth-order valence-electron chi connectivity index (χ4n) is 2.33. The molecule has 0 fully saturated rings. The Labute approximate surface area is 124 Å². The van der Waals surface area contributed by atoms with E-state index in [1.54, 1.807) is 0 Å². The summed E-state index contributed by atoms with van der Waals surface area (Å²) in [4.78, 5) is 13.3. The highest BCUT2D eigenvalue weighted by Gasteiger charge is 2.19. The van der Waals surface area contributed by atoms with Crippen molar-refractivity contribution in [3.05, 3.63) is 72.4 Å². The Balaban J connectivity index is 1.88. The largest absolute Gasteiger partial charge is 0.338 e. The lowest BCUT2D eigenvalue weighted by molar-refractivity contribution is 0.719. The Bertz CT molecular complexity index is 656. The second-order valence-corrected chi connectivity index (χ2v) is 5.08. The molecule has 0 aliphatic heterocycles. The quantitative estimate of drug-likeness (QED) is 0.718. The van der Waals surface area contributed by atoms with Crippen molar-refractivity contribution in [1.82, 2.24) is 24.1 Å². The first kappa shape index (κ1) is 13.5. The summed E-state index contributed by atoms with van der Waals surface area (Å²) >= 11 is 0. The van der Waals surface area contributed by atoms with Gasteiger partial charge >= 0.3 is 0 Å². The molecule has 0 saturated carbocycles. The van der Waals surface area contributed by atoms with Crippen LogP contribution in [0.4, 0.5) is 0 Å². The van der Waals surface area contributed by atoms with Crippen molar-refractivity contribution in [2.75, 3.05) is 0 Å². The second kappa shape index (κ2) is 5.91. The molecule has 0 aliphatic carbocycles. The van der Waals surface area contributed by atoms with Crippen LogP contribution in [0.3, 0.4) is 0 Å². The molecule has 3 rings (SSSR count). The third-order valence-electron chi connectivity index (χ3n) is 3.61. The maximum absolute atomic E-state index is 4.49. The molecule has 3 aromatic rings. The number of aryl methyl sites for hydroxylation is 2. The van der Waals surface area contributed by atoms with Crippen LogP contribution in [0.5, 0.6) is 0 Å². The Morgan fingerprint density at radius 2 is 1.48 bits per heavy atom. The summed E-state index contributed by atoms with van der Waals surface area (Å²) in [5.74, 6) is 3.29. The Morgan fingerprint density at radius 1 is 0.857 bits per heavy atom. The smallest absolute Gasteiger partial charge is 0.109 e. The Morgan fingerprint density at radius 3 is 1.90 bits per heavy atom. The molecule has 5 heteroatoms. The maximum atomic E-state index is 4.49. The molecule has 0 bridgehead atoms. The molecule has 0 unspecified atom stereocenters. The molecule has 0 aliphatic rings. The highest BCUT2D eigenvalue weighted by molar-refractivity contribution is 5.28. The van der Waals surface area contributed by atoms with Gasteiger partial charge in [-0.25, -0.2) is 9.97 Å². The van der Waals surface area contributed by atoms with Gasteiger partial charge in [0.05, 0.1) is 0 Å². The third-order valence-corrected chi connectivity index (χ3v) is 3.61. The van der Waals surface area contributed by atoms with E-state index in [4.69, 9.17) is 0 Å². The average molecular weight is 280 g/mol. The highest BCUT2D eigenvalue weighted by atomic mass is 15.0. The van der Waals surface area contributed by atoms with Gasteiger partial charge in [0.2, 0.25) is 0 Å². The fraction of sp³-hybridized carbons (Fsp3) is 0.250. The maximum Gasteiger partial charge on any atom is 0.109 e. The van der Waals surface area contributed by atoms with Gasteiger partial charge in [0.25, 0.3) is 0 Å². The van der Waals surface area contributed by atoms with E-state index in [1.807, 2.05) is 72.4 Å². The normalized spacial score (nSPS) is 11.2. The Hall–Kier alpha value is -2.43. The van der Waals surface area contributed by atoms with Crippen LogP contribution in [0.2, 0.25) is 0 Å². The topological polar surface area (TPSA) is 48.5 Å². The van der Waals surface area contributed by atoms with Crippen LogP contribution in [-0.4, -0.2) is 24.1 Å². The second-order valence-electron chi connectivity index (χ2n) is 5.08. The van der Waals surface area contributed by atoms with Crippen molar-refractivity contribution < 1.29 is 0 Å². The van der Waals surface area contributed by atoms with Crippen LogP contribution < -0.4 is 0 Å². The van der Waals surface area contributed by atoms with E-state index in [2.05, 4.69) is 15.0 Å². The van der Waals surface area contributed by atoms with Crippen LogP contribution in [0.25, 0.3) is 0 Å². The van der Waals surface area contributed by atoms with Gasteiger partial charge in [-0.3, -0.25) is 4.98 Å². The first-order chi connectivity index (χ1) is 10.2. The van der Waals surface area contributed by atoms with E-state index in [9.17, 15) is 0 Å². The molecule has 21 heavy (non-hydrogen) atoms. The highest BCUT2D eigenvalue weighted by Crippen LogP contribution is 2.21. The number of rotatable bonds is 5. The van der Waals surface area contributed by atoms with Gasteiger partial charge in [0.15, 0.2) is 0 Å². The summed E-state index contributed by atoms with van der Waals surface area (Å²) in [6, 6.07) is 5.99. The van der Waals surface area contributed by atoms with Crippen molar-refractivity contribution in [2.24, 2.45) is 14.1 Å². The van der Waals surface area contributed by atoms with Crippen molar-refractivity contribution in [3.8, 4) is 0 Å². The van der Waals surface area contributed by atoms with Crippen molar-refractivity contribution in [2.45, 2.75) is 12.8 Å². The van der Waals surface area contributed by atoms with Crippen LogP contribution in [0.15, 0.2) is 49.2 Å². The van der Waals surface area contributed by atoms with E-state index in [0.717, 1.165) is 30.2 Å². The van der Waals surface area contributed by atoms with Gasteiger partial charge in [-0.1, -0.05) is 6.07 Å². The van der Waals surface area contributed by atoms with Gasteiger partial charge in [-0.15, -0.1) is 0 Å². The van der Waals surface area contributed by atoms with Gasteiger partial charge in [-0.2, -0.15) is 0 Å². The number of aromatic nitrogens is 5. The van der Waals surface area contributed by atoms with Crippen molar-refractivity contribution >= 4 is 0 Å².